The number of alkyl carbamates (subject to hydrolysis) is 1. The maximum absolute atomic E-state index is 13.7. The van der Waals surface area contributed by atoms with Gasteiger partial charge in [-0.05, 0) is 32.9 Å². The first-order valence-electron chi connectivity index (χ1n) is 6.15. The van der Waals surface area contributed by atoms with Gasteiger partial charge in [0.15, 0.2) is 11.6 Å². The van der Waals surface area contributed by atoms with E-state index >= 15 is 0 Å². The average molecular weight is 318 g/mol. The summed E-state index contributed by atoms with van der Waals surface area (Å²) in [5.41, 5.74) is -0.607. The number of benzene rings is 1. The third-order valence-corrected chi connectivity index (χ3v) is 2.60. The third-order valence-electron chi connectivity index (χ3n) is 2.38. The lowest BCUT2D eigenvalue weighted by atomic mass is 10.1. The third kappa shape index (κ3) is 4.90. The van der Waals surface area contributed by atoms with Crippen molar-refractivity contribution in [2.45, 2.75) is 32.4 Å². The molecule has 1 atom stereocenters. The minimum absolute atomic E-state index is 0.0844. The number of nitrogens with one attached hydrogen (secondary N) is 1. The van der Waals surface area contributed by atoms with Crippen molar-refractivity contribution in [3.8, 4) is 5.75 Å². The highest BCUT2D eigenvalue weighted by atomic mass is 35.5. The number of ether oxygens (including phenoxy) is 2. The Morgan fingerprint density at radius 1 is 1.43 bits per heavy atom. The van der Waals surface area contributed by atoms with E-state index in [2.05, 4.69) is 5.32 Å². The molecule has 1 unspecified atom stereocenters. The van der Waals surface area contributed by atoms with Gasteiger partial charge in [0.2, 0.25) is 0 Å². The zero-order chi connectivity index (χ0) is 16.2. The lowest BCUT2D eigenvalue weighted by Gasteiger charge is -2.22. The van der Waals surface area contributed by atoms with Gasteiger partial charge in [0.1, 0.15) is 17.9 Å². The number of hydrogen-bond acceptors (Lipinski definition) is 4. The van der Waals surface area contributed by atoms with E-state index in [0.717, 1.165) is 6.07 Å². The van der Waals surface area contributed by atoms with Crippen molar-refractivity contribution in [1.29, 1.82) is 0 Å². The molecule has 0 radical (unpaired) electrons. The second-order valence-corrected chi connectivity index (χ2v) is 5.71. The predicted octanol–water partition coefficient (Wildman–Crippen LogP) is 3.25. The molecule has 0 heterocycles. The van der Waals surface area contributed by atoms with Crippen molar-refractivity contribution in [3.05, 3.63) is 28.5 Å². The second kappa shape index (κ2) is 6.76. The minimum atomic E-state index is -1.14. The van der Waals surface area contributed by atoms with Gasteiger partial charge < -0.3 is 19.6 Å². The number of hydrogen-bond donors (Lipinski definition) is 1. The van der Waals surface area contributed by atoms with Gasteiger partial charge in [-0.1, -0.05) is 11.6 Å². The Hall–Kier alpha value is -1.82. The molecule has 1 aromatic rings. The Kier molecular flexibility index (Phi) is 5.54. The summed E-state index contributed by atoms with van der Waals surface area (Å²) in [4.78, 5) is 22.9. The van der Waals surface area contributed by atoms with Crippen LogP contribution in [0.25, 0.3) is 0 Å². The summed E-state index contributed by atoms with van der Waals surface area (Å²) in [5.74, 6) is -0.884. The van der Waals surface area contributed by atoms with Crippen molar-refractivity contribution >= 4 is 24.0 Å². The maximum atomic E-state index is 13.7. The number of aldehydes is 1. The fourth-order valence-electron chi connectivity index (χ4n) is 1.65. The van der Waals surface area contributed by atoms with Gasteiger partial charge in [-0.25, -0.2) is 9.18 Å². The zero-order valence-corrected chi connectivity index (χ0v) is 13.0. The van der Waals surface area contributed by atoms with Crippen LogP contribution >= 0.6 is 11.6 Å². The molecule has 1 aromatic carbocycles. The van der Waals surface area contributed by atoms with Gasteiger partial charge in [0.05, 0.1) is 7.11 Å². The van der Waals surface area contributed by atoms with Crippen LogP contribution < -0.4 is 10.1 Å². The Bertz CT molecular complexity index is 543. The summed E-state index contributed by atoms with van der Waals surface area (Å²) in [5, 5.41) is 2.42. The first-order chi connectivity index (χ1) is 9.67. The topological polar surface area (TPSA) is 64.6 Å². The molecule has 21 heavy (non-hydrogen) atoms. The van der Waals surface area contributed by atoms with Crippen molar-refractivity contribution in [3.63, 3.8) is 0 Å². The van der Waals surface area contributed by atoms with Crippen LogP contribution in [0.15, 0.2) is 12.1 Å². The van der Waals surface area contributed by atoms with Gasteiger partial charge >= 0.3 is 6.09 Å². The highest BCUT2D eigenvalue weighted by molar-refractivity contribution is 6.30. The van der Waals surface area contributed by atoms with Crippen LogP contribution in [-0.4, -0.2) is 25.1 Å². The molecule has 116 valence electrons. The van der Waals surface area contributed by atoms with Gasteiger partial charge in [-0.2, -0.15) is 0 Å². The van der Waals surface area contributed by atoms with Crippen LogP contribution in [0.4, 0.5) is 9.18 Å². The normalized spacial score (nSPS) is 12.5. The van der Waals surface area contributed by atoms with E-state index in [0.29, 0.717) is 6.29 Å². The number of rotatable bonds is 4. The molecule has 0 spiro atoms. The number of halogens is 2. The number of methoxy groups -OCH3 is 1. The molecule has 0 saturated carbocycles. The smallest absolute Gasteiger partial charge is 0.408 e. The Morgan fingerprint density at radius 3 is 2.52 bits per heavy atom. The molecule has 0 fully saturated rings. The van der Waals surface area contributed by atoms with E-state index in [1.54, 1.807) is 20.8 Å². The molecule has 0 aliphatic heterocycles. The molecule has 1 amide bonds. The molecule has 0 aromatic heterocycles. The Labute approximate surface area is 127 Å². The fourth-order valence-corrected chi connectivity index (χ4v) is 1.86. The highest BCUT2D eigenvalue weighted by Gasteiger charge is 2.24. The highest BCUT2D eigenvalue weighted by Crippen LogP contribution is 2.31. The second-order valence-electron chi connectivity index (χ2n) is 5.27. The SMILES string of the molecule is COc1c(F)cc(Cl)cc1C(C=O)NC(=O)OC(C)(C)C. The predicted molar refractivity (Wildman–Crippen MR) is 76.1 cm³/mol. The van der Waals surface area contributed by atoms with Crippen LogP contribution in [-0.2, 0) is 9.53 Å². The quantitative estimate of drug-likeness (QED) is 0.866. The average Bonchev–Trinajstić information content (AvgIpc) is 2.32. The lowest BCUT2D eigenvalue weighted by molar-refractivity contribution is -0.109. The first kappa shape index (κ1) is 17.2. The molecule has 0 saturated heterocycles. The van der Waals surface area contributed by atoms with E-state index < -0.39 is 23.6 Å². The molecule has 7 heteroatoms. The summed E-state index contributed by atoms with van der Waals surface area (Å²) in [7, 11) is 1.26. The van der Waals surface area contributed by atoms with Gasteiger partial charge in [0.25, 0.3) is 0 Å². The Balaban J connectivity index is 3.06. The van der Waals surface area contributed by atoms with Crippen molar-refractivity contribution in [1.82, 2.24) is 5.32 Å². The summed E-state index contributed by atoms with van der Waals surface area (Å²) in [6, 6.07) is 1.27. The van der Waals surface area contributed by atoms with Gasteiger partial charge in [-0.15, -0.1) is 0 Å². The maximum Gasteiger partial charge on any atom is 0.408 e. The van der Waals surface area contributed by atoms with E-state index in [1.807, 2.05) is 0 Å². The molecule has 0 aliphatic carbocycles. The van der Waals surface area contributed by atoms with Crippen LogP contribution in [0, 0.1) is 5.82 Å². The summed E-state index contributed by atoms with van der Waals surface area (Å²) in [6.07, 6.45) is -0.362. The monoisotopic (exact) mass is 317 g/mol. The number of carbonyl (C=O) groups excluding carboxylic acids is 2. The lowest BCUT2D eigenvalue weighted by Crippen LogP contribution is -2.35. The standard InChI is InChI=1S/C14H17ClFNO4/c1-14(2,3)21-13(19)17-11(7-18)9-5-8(15)6-10(16)12(9)20-4/h5-7,11H,1-4H3,(H,17,19). The van der Waals surface area contributed by atoms with Crippen molar-refractivity contribution < 1.29 is 23.5 Å². The molecule has 0 bridgehead atoms. The molecular weight excluding hydrogens is 301 g/mol. The summed E-state index contributed by atoms with van der Waals surface area (Å²) >= 11 is 5.77. The van der Waals surface area contributed by atoms with Crippen molar-refractivity contribution in [2.75, 3.05) is 7.11 Å². The van der Waals surface area contributed by atoms with Crippen LogP contribution in [0.3, 0.4) is 0 Å². The fraction of sp³-hybridized carbons (Fsp3) is 0.429. The molecule has 5 nitrogen and oxygen atoms in total. The van der Waals surface area contributed by atoms with Crippen LogP contribution in [0.2, 0.25) is 5.02 Å². The van der Waals surface area contributed by atoms with E-state index in [9.17, 15) is 14.0 Å². The summed E-state index contributed by atoms with van der Waals surface area (Å²) < 4.78 is 23.7. The van der Waals surface area contributed by atoms with E-state index in [4.69, 9.17) is 21.1 Å². The van der Waals surface area contributed by atoms with E-state index in [1.165, 1.54) is 13.2 Å². The van der Waals surface area contributed by atoms with E-state index in [-0.39, 0.29) is 16.3 Å². The zero-order valence-electron chi connectivity index (χ0n) is 12.2. The number of carbonyl (C=O) groups is 2. The van der Waals surface area contributed by atoms with Crippen LogP contribution in [0.5, 0.6) is 5.75 Å². The van der Waals surface area contributed by atoms with Crippen LogP contribution in [0.1, 0.15) is 32.4 Å². The minimum Gasteiger partial charge on any atom is -0.493 e. The molecule has 1 N–H and O–H groups in total. The molecule has 0 aliphatic rings. The molecule has 1 rings (SSSR count). The largest absolute Gasteiger partial charge is 0.493 e. The van der Waals surface area contributed by atoms with Gasteiger partial charge in [0, 0.05) is 10.6 Å². The number of amides is 1. The molecular formula is C14H17ClFNO4. The van der Waals surface area contributed by atoms with Gasteiger partial charge in [-0.3, -0.25) is 0 Å². The summed E-state index contributed by atoms with van der Waals surface area (Å²) in [6.45, 7) is 5.05. The first-order valence-corrected chi connectivity index (χ1v) is 6.53. The Morgan fingerprint density at radius 2 is 2.05 bits per heavy atom. The van der Waals surface area contributed by atoms with Crippen molar-refractivity contribution in [2.24, 2.45) is 0 Å².